The molecule has 0 aliphatic rings. The Hall–Kier alpha value is -2.53. The Balaban J connectivity index is 1.58. The molecule has 0 aliphatic carbocycles. The Bertz CT molecular complexity index is 843. The molecule has 0 bridgehead atoms. The van der Waals surface area contributed by atoms with Gasteiger partial charge in [-0.2, -0.15) is 0 Å². The van der Waals surface area contributed by atoms with Gasteiger partial charge in [0.15, 0.2) is 5.13 Å². The molecule has 4 nitrogen and oxygen atoms in total. The van der Waals surface area contributed by atoms with E-state index in [4.69, 9.17) is 0 Å². The number of aromatic nitrogens is 2. The average molecular weight is 337 g/mol. The quantitative estimate of drug-likeness (QED) is 0.751. The van der Waals surface area contributed by atoms with Crippen LogP contribution in [0.5, 0.6) is 0 Å². The average Bonchev–Trinajstić information content (AvgIpc) is 3.03. The largest absolute Gasteiger partial charge is 0.302 e. The van der Waals surface area contributed by atoms with E-state index in [2.05, 4.69) is 47.3 Å². The number of pyridine rings is 1. The van der Waals surface area contributed by atoms with E-state index in [1.54, 1.807) is 6.20 Å². The monoisotopic (exact) mass is 337 g/mol. The van der Waals surface area contributed by atoms with Crippen molar-refractivity contribution in [2.75, 3.05) is 5.32 Å². The van der Waals surface area contributed by atoms with Gasteiger partial charge in [-0.1, -0.05) is 29.8 Å². The van der Waals surface area contributed by atoms with Crippen LogP contribution in [0.2, 0.25) is 0 Å². The molecule has 1 aromatic carbocycles. The van der Waals surface area contributed by atoms with E-state index in [1.165, 1.54) is 28.0 Å². The van der Waals surface area contributed by atoms with E-state index in [-0.39, 0.29) is 5.91 Å². The van der Waals surface area contributed by atoms with Gasteiger partial charge in [0.25, 0.3) is 0 Å². The number of nitrogens with one attached hydrogen (secondary N) is 1. The van der Waals surface area contributed by atoms with Gasteiger partial charge in [0.2, 0.25) is 5.91 Å². The van der Waals surface area contributed by atoms with Crippen molar-refractivity contribution in [1.82, 2.24) is 9.97 Å². The predicted molar refractivity (Wildman–Crippen MR) is 98.2 cm³/mol. The third kappa shape index (κ3) is 4.06. The van der Waals surface area contributed by atoms with E-state index in [0.29, 0.717) is 11.6 Å². The van der Waals surface area contributed by atoms with Crippen molar-refractivity contribution in [3.63, 3.8) is 0 Å². The summed E-state index contributed by atoms with van der Waals surface area (Å²) in [4.78, 5) is 20.8. The van der Waals surface area contributed by atoms with Gasteiger partial charge < -0.3 is 5.32 Å². The highest BCUT2D eigenvalue weighted by Crippen LogP contribution is 2.23. The minimum atomic E-state index is -0.0168. The minimum absolute atomic E-state index is 0.0168. The molecule has 0 spiro atoms. The standard InChI is InChI=1S/C19H19N3OS/c1-13-6-7-15(14(2)11-13)8-9-18(23)22-19-21-17(12-24-19)16-5-3-4-10-20-16/h3-7,10-12H,8-9H2,1-2H3,(H,21,22,23). The summed E-state index contributed by atoms with van der Waals surface area (Å²) in [6.45, 7) is 4.16. The first-order valence-electron chi connectivity index (χ1n) is 7.85. The van der Waals surface area contributed by atoms with Crippen LogP contribution in [-0.4, -0.2) is 15.9 Å². The highest BCUT2D eigenvalue weighted by molar-refractivity contribution is 7.14. The molecular weight excluding hydrogens is 318 g/mol. The smallest absolute Gasteiger partial charge is 0.226 e. The molecule has 1 N–H and O–H groups in total. The van der Waals surface area contributed by atoms with Gasteiger partial charge in [0.05, 0.1) is 5.69 Å². The number of aryl methyl sites for hydroxylation is 3. The van der Waals surface area contributed by atoms with Crippen LogP contribution in [0.3, 0.4) is 0 Å². The molecule has 1 amide bonds. The third-order valence-electron chi connectivity index (χ3n) is 3.80. The molecule has 0 radical (unpaired) electrons. The maximum atomic E-state index is 12.1. The third-order valence-corrected chi connectivity index (χ3v) is 4.56. The van der Waals surface area contributed by atoms with E-state index in [1.807, 2.05) is 23.6 Å². The van der Waals surface area contributed by atoms with Gasteiger partial charge in [-0.05, 0) is 43.5 Å². The van der Waals surface area contributed by atoms with E-state index in [0.717, 1.165) is 17.8 Å². The lowest BCUT2D eigenvalue weighted by atomic mass is 10.0. The molecule has 0 atom stereocenters. The van der Waals surface area contributed by atoms with E-state index in [9.17, 15) is 4.79 Å². The van der Waals surface area contributed by atoms with Gasteiger partial charge >= 0.3 is 0 Å². The van der Waals surface area contributed by atoms with Crippen molar-refractivity contribution in [3.8, 4) is 11.4 Å². The Morgan fingerprint density at radius 1 is 1.17 bits per heavy atom. The van der Waals surface area contributed by atoms with Crippen LogP contribution < -0.4 is 5.32 Å². The number of thiazole rings is 1. The molecule has 24 heavy (non-hydrogen) atoms. The zero-order valence-corrected chi connectivity index (χ0v) is 14.6. The highest BCUT2D eigenvalue weighted by atomic mass is 32.1. The van der Waals surface area contributed by atoms with Crippen molar-refractivity contribution in [1.29, 1.82) is 0 Å². The lowest BCUT2D eigenvalue weighted by Gasteiger charge is -2.06. The van der Waals surface area contributed by atoms with Crippen LogP contribution >= 0.6 is 11.3 Å². The molecule has 2 aromatic heterocycles. The predicted octanol–water partition coefficient (Wildman–Crippen LogP) is 4.39. The van der Waals surface area contributed by atoms with Crippen LogP contribution in [-0.2, 0) is 11.2 Å². The Morgan fingerprint density at radius 3 is 2.79 bits per heavy atom. The van der Waals surface area contributed by atoms with Gasteiger partial charge in [-0.3, -0.25) is 9.78 Å². The molecule has 2 heterocycles. The number of carbonyl (C=O) groups is 1. The van der Waals surface area contributed by atoms with Crippen molar-refractivity contribution in [2.45, 2.75) is 26.7 Å². The SMILES string of the molecule is Cc1ccc(CCC(=O)Nc2nc(-c3ccccn3)cs2)c(C)c1. The molecule has 5 heteroatoms. The number of carbonyl (C=O) groups excluding carboxylic acids is 1. The van der Waals surface area contributed by atoms with Crippen LogP contribution in [0.1, 0.15) is 23.1 Å². The Labute approximate surface area is 145 Å². The number of amides is 1. The zero-order chi connectivity index (χ0) is 16.9. The van der Waals surface area contributed by atoms with Gasteiger partial charge in [0, 0.05) is 18.0 Å². The summed E-state index contributed by atoms with van der Waals surface area (Å²) in [5.74, 6) is -0.0168. The lowest BCUT2D eigenvalue weighted by Crippen LogP contribution is -2.12. The fourth-order valence-corrected chi connectivity index (χ4v) is 3.24. The minimum Gasteiger partial charge on any atom is -0.302 e. The molecule has 0 aliphatic heterocycles. The maximum Gasteiger partial charge on any atom is 0.226 e. The number of hydrogen-bond donors (Lipinski definition) is 1. The molecule has 3 aromatic rings. The van der Waals surface area contributed by atoms with Crippen molar-refractivity contribution < 1.29 is 4.79 Å². The molecule has 0 fully saturated rings. The summed E-state index contributed by atoms with van der Waals surface area (Å²) >= 11 is 1.42. The number of anilines is 1. The Morgan fingerprint density at radius 2 is 2.04 bits per heavy atom. The summed E-state index contributed by atoms with van der Waals surface area (Å²) in [6, 6.07) is 12.0. The number of nitrogens with zero attached hydrogens (tertiary/aromatic N) is 2. The van der Waals surface area contributed by atoms with Crippen molar-refractivity contribution in [2.24, 2.45) is 0 Å². The maximum absolute atomic E-state index is 12.1. The zero-order valence-electron chi connectivity index (χ0n) is 13.7. The van der Waals surface area contributed by atoms with Crippen LogP contribution in [0, 0.1) is 13.8 Å². The molecule has 3 rings (SSSR count). The first-order valence-corrected chi connectivity index (χ1v) is 8.73. The van der Waals surface area contributed by atoms with Gasteiger partial charge in [0.1, 0.15) is 5.69 Å². The fourth-order valence-electron chi connectivity index (χ4n) is 2.52. The second kappa shape index (κ2) is 7.36. The van der Waals surface area contributed by atoms with Crippen molar-refractivity contribution >= 4 is 22.4 Å². The van der Waals surface area contributed by atoms with Crippen LogP contribution in [0.4, 0.5) is 5.13 Å². The number of hydrogen-bond acceptors (Lipinski definition) is 4. The molecule has 0 saturated heterocycles. The summed E-state index contributed by atoms with van der Waals surface area (Å²) in [6.07, 6.45) is 2.91. The second-order valence-electron chi connectivity index (χ2n) is 5.73. The number of benzene rings is 1. The van der Waals surface area contributed by atoms with E-state index >= 15 is 0 Å². The first-order chi connectivity index (χ1) is 11.6. The van der Waals surface area contributed by atoms with E-state index < -0.39 is 0 Å². The first kappa shape index (κ1) is 16.3. The summed E-state index contributed by atoms with van der Waals surface area (Å²) < 4.78 is 0. The molecule has 0 unspecified atom stereocenters. The summed E-state index contributed by atoms with van der Waals surface area (Å²) in [5.41, 5.74) is 5.28. The van der Waals surface area contributed by atoms with Gasteiger partial charge in [-0.15, -0.1) is 11.3 Å². The van der Waals surface area contributed by atoms with Crippen molar-refractivity contribution in [3.05, 3.63) is 64.7 Å². The second-order valence-corrected chi connectivity index (χ2v) is 6.59. The molecule has 122 valence electrons. The molecular formula is C19H19N3OS. The summed E-state index contributed by atoms with van der Waals surface area (Å²) in [7, 11) is 0. The Kier molecular flexibility index (Phi) is 5.01. The fraction of sp³-hybridized carbons (Fsp3) is 0.211. The topological polar surface area (TPSA) is 54.9 Å². The molecule has 0 saturated carbocycles. The van der Waals surface area contributed by atoms with Crippen LogP contribution in [0.25, 0.3) is 11.4 Å². The highest BCUT2D eigenvalue weighted by Gasteiger charge is 2.09. The lowest BCUT2D eigenvalue weighted by molar-refractivity contribution is -0.116. The summed E-state index contributed by atoms with van der Waals surface area (Å²) in [5, 5.41) is 5.39. The normalized spacial score (nSPS) is 10.6. The van der Waals surface area contributed by atoms with Gasteiger partial charge in [-0.25, -0.2) is 4.98 Å². The number of rotatable bonds is 5. The van der Waals surface area contributed by atoms with Crippen LogP contribution in [0.15, 0.2) is 48.0 Å².